The molecule has 2 rings (SSSR count). The summed E-state index contributed by atoms with van der Waals surface area (Å²) in [7, 11) is 0. The number of halogens is 1. The van der Waals surface area contributed by atoms with E-state index in [4.69, 9.17) is 11.6 Å². The van der Waals surface area contributed by atoms with Gasteiger partial charge in [0.2, 0.25) is 0 Å². The molecule has 1 aliphatic rings. The topological polar surface area (TPSA) is 56.7 Å². The average molecular weight is 324 g/mol. The smallest absolute Gasteiger partial charge is 0.191 e. The van der Waals surface area contributed by atoms with E-state index in [0.717, 1.165) is 48.8 Å². The molecule has 0 radical (unpaired) electrons. The van der Waals surface area contributed by atoms with E-state index in [2.05, 4.69) is 22.5 Å². The summed E-state index contributed by atoms with van der Waals surface area (Å²) in [5.41, 5.74) is 0.486. The Morgan fingerprint density at radius 1 is 1.41 bits per heavy atom. The number of aliphatic imine (C=N–C) groups is 1. The summed E-state index contributed by atoms with van der Waals surface area (Å²) in [6.45, 7) is 5.34. The van der Waals surface area contributed by atoms with Gasteiger partial charge in [0.1, 0.15) is 0 Å². The number of hydrogen-bond donors (Lipinski definition) is 3. The molecule has 1 fully saturated rings. The molecular weight excluding hydrogens is 298 g/mol. The molecular formula is C17H26ClN3O. The molecule has 3 N–H and O–H groups in total. The Hall–Kier alpha value is -1.26. The number of benzene rings is 1. The first kappa shape index (κ1) is 17.1. The highest BCUT2D eigenvalue weighted by atomic mass is 35.5. The summed E-state index contributed by atoms with van der Waals surface area (Å²) >= 11 is 6.05. The van der Waals surface area contributed by atoms with Crippen molar-refractivity contribution < 1.29 is 5.11 Å². The van der Waals surface area contributed by atoms with Crippen molar-refractivity contribution in [3.63, 3.8) is 0 Å². The highest BCUT2D eigenvalue weighted by Crippen LogP contribution is 2.29. The van der Waals surface area contributed by atoms with Gasteiger partial charge >= 0.3 is 0 Å². The lowest BCUT2D eigenvalue weighted by Gasteiger charge is -2.22. The molecule has 1 unspecified atom stereocenters. The van der Waals surface area contributed by atoms with Crippen LogP contribution in [-0.2, 0) is 0 Å². The van der Waals surface area contributed by atoms with E-state index in [1.54, 1.807) is 0 Å². The second kappa shape index (κ2) is 7.84. The van der Waals surface area contributed by atoms with Gasteiger partial charge in [-0.15, -0.1) is 0 Å². The van der Waals surface area contributed by atoms with Crippen molar-refractivity contribution in [1.29, 1.82) is 0 Å². The van der Waals surface area contributed by atoms with Crippen molar-refractivity contribution in [3.8, 4) is 0 Å². The lowest BCUT2D eigenvalue weighted by Crippen LogP contribution is -2.40. The molecule has 0 saturated heterocycles. The first-order valence-corrected chi connectivity index (χ1v) is 8.43. The third kappa shape index (κ3) is 4.89. The van der Waals surface area contributed by atoms with Gasteiger partial charge < -0.3 is 15.7 Å². The zero-order valence-corrected chi connectivity index (χ0v) is 14.2. The Morgan fingerprint density at radius 2 is 2.14 bits per heavy atom. The van der Waals surface area contributed by atoms with Gasteiger partial charge in [-0.3, -0.25) is 4.99 Å². The minimum absolute atomic E-state index is 0.0923. The Kier molecular flexibility index (Phi) is 6.09. The molecule has 5 heteroatoms. The fourth-order valence-electron chi connectivity index (χ4n) is 2.80. The maximum absolute atomic E-state index is 10.4. The largest absolute Gasteiger partial charge is 0.388 e. The predicted octanol–water partition coefficient (Wildman–Crippen LogP) is 3.26. The van der Waals surface area contributed by atoms with Crippen LogP contribution in [0.1, 0.15) is 51.1 Å². The number of hydrogen-bond acceptors (Lipinski definition) is 2. The van der Waals surface area contributed by atoms with Gasteiger partial charge in [0.05, 0.1) is 18.2 Å². The van der Waals surface area contributed by atoms with Crippen LogP contribution in [0, 0.1) is 0 Å². The van der Waals surface area contributed by atoms with Gasteiger partial charge in [-0.25, -0.2) is 0 Å². The van der Waals surface area contributed by atoms with Gasteiger partial charge in [0.25, 0.3) is 0 Å². The SMILES string of the molecule is CCNC(=NCC1(O)CCCC1)NC(C)c1cccc(Cl)c1. The molecule has 122 valence electrons. The Morgan fingerprint density at radius 3 is 2.77 bits per heavy atom. The van der Waals surface area contributed by atoms with Gasteiger partial charge in [-0.2, -0.15) is 0 Å². The highest BCUT2D eigenvalue weighted by Gasteiger charge is 2.30. The lowest BCUT2D eigenvalue weighted by atomic mass is 10.0. The van der Waals surface area contributed by atoms with Gasteiger partial charge in [-0.05, 0) is 44.4 Å². The lowest BCUT2D eigenvalue weighted by molar-refractivity contribution is 0.0574. The van der Waals surface area contributed by atoms with E-state index in [1.807, 2.05) is 31.2 Å². The number of guanidine groups is 1. The molecule has 0 aromatic heterocycles. The second-order valence-electron chi connectivity index (χ2n) is 6.05. The van der Waals surface area contributed by atoms with E-state index in [9.17, 15) is 5.11 Å². The Bertz CT molecular complexity index is 512. The van der Waals surface area contributed by atoms with Crippen LogP contribution in [0.3, 0.4) is 0 Å². The average Bonchev–Trinajstić information content (AvgIpc) is 2.92. The van der Waals surface area contributed by atoms with Crippen LogP contribution in [0.4, 0.5) is 0 Å². The molecule has 1 aliphatic carbocycles. The Labute approximate surface area is 138 Å². The number of aliphatic hydroxyl groups is 1. The summed E-state index contributed by atoms with van der Waals surface area (Å²) < 4.78 is 0. The molecule has 0 amide bonds. The van der Waals surface area contributed by atoms with E-state index < -0.39 is 5.60 Å². The second-order valence-corrected chi connectivity index (χ2v) is 6.48. The van der Waals surface area contributed by atoms with Gasteiger partial charge in [0, 0.05) is 11.6 Å². The summed E-state index contributed by atoms with van der Waals surface area (Å²) in [5.74, 6) is 0.732. The maximum atomic E-state index is 10.4. The van der Waals surface area contributed by atoms with Crippen LogP contribution in [0.2, 0.25) is 5.02 Å². The van der Waals surface area contributed by atoms with Crippen LogP contribution in [0.15, 0.2) is 29.3 Å². The number of nitrogens with one attached hydrogen (secondary N) is 2. The van der Waals surface area contributed by atoms with Crippen molar-refractivity contribution in [3.05, 3.63) is 34.9 Å². The molecule has 0 heterocycles. The highest BCUT2D eigenvalue weighted by molar-refractivity contribution is 6.30. The molecule has 1 aromatic rings. The van der Waals surface area contributed by atoms with E-state index in [-0.39, 0.29) is 6.04 Å². The predicted molar refractivity (Wildman–Crippen MR) is 92.4 cm³/mol. The van der Waals surface area contributed by atoms with Crippen molar-refractivity contribution in [2.75, 3.05) is 13.1 Å². The quantitative estimate of drug-likeness (QED) is 0.576. The summed E-state index contributed by atoms with van der Waals surface area (Å²) in [6.07, 6.45) is 3.88. The van der Waals surface area contributed by atoms with Crippen LogP contribution in [-0.4, -0.2) is 29.8 Å². The molecule has 1 saturated carbocycles. The number of rotatable bonds is 5. The molecule has 4 nitrogen and oxygen atoms in total. The molecule has 1 atom stereocenters. The van der Waals surface area contributed by atoms with Crippen LogP contribution >= 0.6 is 11.6 Å². The monoisotopic (exact) mass is 323 g/mol. The van der Waals surface area contributed by atoms with E-state index in [1.165, 1.54) is 0 Å². The maximum Gasteiger partial charge on any atom is 0.191 e. The minimum atomic E-state index is -0.623. The van der Waals surface area contributed by atoms with Crippen LogP contribution in [0.25, 0.3) is 0 Å². The fraction of sp³-hybridized carbons (Fsp3) is 0.588. The van der Waals surface area contributed by atoms with Gasteiger partial charge in [-0.1, -0.05) is 36.6 Å². The molecule has 0 aliphatic heterocycles. The van der Waals surface area contributed by atoms with Crippen molar-refractivity contribution in [2.24, 2.45) is 4.99 Å². The summed E-state index contributed by atoms with van der Waals surface area (Å²) in [6, 6.07) is 7.90. The normalized spacial score (nSPS) is 19.0. The zero-order valence-electron chi connectivity index (χ0n) is 13.4. The zero-order chi connectivity index (χ0) is 16.0. The summed E-state index contributed by atoms with van der Waals surface area (Å²) in [4.78, 5) is 4.57. The first-order chi connectivity index (χ1) is 10.5. The Balaban J connectivity index is 2.01. The van der Waals surface area contributed by atoms with Crippen molar-refractivity contribution in [1.82, 2.24) is 10.6 Å². The van der Waals surface area contributed by atoms with Crippen LogP contribution < -0.4 is 10.6 Å². The first-order valence-electron chi connectivity index (χ1n) is 8.05. The molecule has 0 spiro atoms. The van der Waals surface area contributed by atoms with Crippen molar-refractivity contribution >= 4 is 17.6 Å². The summed E-state index contributed by atoms with van der Waals surface area (Å²) in [5, 5.41) is 17.8. The molecule has 1 aromatic carbocycles. The minimum Gasteiger partial charge on any atom is -0.388 e. The van der Waals surface area contributed by atoms with E-state index >= 15 is 0 Å². The molecule has 22 heavy (non-hydrogen) atoms. The van der Waals surface area contributed by atoms with E-state index in [0.29, 0.717) is 6.54 Å². The standard InChI is InChI=1S/C17H26ClN3O/c1-3-19-16(20-12-17(22)9-4-5-10-17)21-13(2)14-7-6-8-15(18)11-14/h6-8,11,13,22H,3-5,9-10,12H2,1-2H3,(H2,19,20,21). The van der Waals surface area contributed by atoms with Crippen LogP contribution in [0.5, 0.6) is 0 Å². The third-order valence-corrected chi connectivity index (χ3v) is 4.35. The fourth-order valence-corrected chi connectivity index (χ4v) is 3.00. The molecule has 0 bridgehead atoms. The third-order valence-electron chi connectivity index (χ3n) is 4.11. The van der Waals surface area contributed by atoms with Crippen molar-refractivity contribution in [2.45, 2.75) is 51.2 Å². The number of nitrogens with zero attached hydrogens (tertiary/aromatic N) is 1. The van der Waals surface area contributed by atoms with Gasteiger partial charge in [0.15, 0.2) is 5.96 Å².